The number of anilines is 1. The Morgan fingerprint density at radius 3 is 2.60 bits per heavy atom. The zero-order valence-corrected chi connectivity index (χ0v) is 21.7. The van der Waals surface area contributed by atoms with Crippen LogP contribution in [-0.4, -0.2) is 11.8 Å². The Kier molecular flexibility index (Phi) is 6.40. The first kappa shape index (κ1) is 25.8. The minimum atomic E-state index is -1.43. The Balaban J connectivity index is 1.55. The van der Waals surface area contributed by atoms with E-state index >= 15 is 0 Å². The summed E-state index contributed by atoms with van der Waals surface area (Å²) >= 11 is 6.26. The third kappa shape index (κ3) is 4.23. The Labute approximate surface area is 233 Å². The number of piperidine rings is 1. The van der Waals surface area contributed by atoms with Crippen LogP contribution in [-0.2, 0) is 15.0 Å². The fourth-order valence-corrected chi connectivity index (χ4v) is 6.38. The minimum Gasteiger partial charge on any atom is -0.457 e. The van der Waals surface area contributed by atoms with Crippen LogP contribution >= 0.6 is 11.6 Å². The van der Waals surface area contributed by atoms with Gasteiger partial charge in [-0.3, -0.25) is 9.59 Å². The number of fused-ring (bicyclic) bond motifs is 2. The fourth-order valence-electron chi connectivity index (χ4n) is 6.21. The molecule has 0 aromatic heterocycles. The number of carbonyl (C=O) groups excluding carboxylic acids is 2. The van der Waals surface area contributed by atoms with Crippen LogP contribution in [0.25, 0.3) is 0 Å². The molecule has 3 aromatic carbocycles. The molecule has 2 N–H and O–H groups in total. The number of hydrogen-bond donors (Lipinski definition) is 2. The van der Waals surface area contributed by atoms with Crippen LogP contribution < -0.4 is 15.4 Å². The molecule has 0 radical (unpaired) electrons. The molecule has 3 aliphatic rings. The van der Waals surface area contributed by atoms with Crippen LogP contribution in [0.2, 0.25) is 5.02 Å². The van der Waals surface area contributed by atoms with Crippen LogP contribution in [0.1, 0.15) is 35.6 Å². The molecular formula is C31H22ClF2N3O3. The van der Waals surface area contributed by atoms with Crippen molar-refractivity contribution < 1.29 is 23.1 Å². The normalized spacial score (nSPS) is 25.1. The van der Waals surface area contributed by atoms with Crippen molar-refractivity contribution in [2.24, 2.45) is 11.8 Å². The molecule has 3 aromatic rings. The monoisotopic (exact) mass is 557 g/mol. The average Bonchev–Trinajstić information content (AvgIpc) is 3.22. The number of nitriles is 1. The number of ether oxygens (including phenoxy) is 1. The minimum absolute atomic E-state index is 0.0462. The van der Waals surface area contributed by atoms with E-state index in [9.17, 15) is 18.4 Å². The number of amides is 2. The standard InChI is InChI=1S/C31H22ClF2N3O3/c32-19-6-10-24-26(13-19)36-30(39)31(24)25(18-2-1-3-20(33)12-18)15-28(38)37-29(31)23-14-21(34)7-11-27(23)40-22-8-4-17(16-35)5-9-22/h1,3-14,18,25,29H,2,15H2,(H,36,39)(H,37,38)/t18?,25-,29+,31-/m0/s1. The molecule has 1 saturated heterocycles. The van der Waals surface area contributed by atoms with Gasteiger partial charge in [0.2, 0.25) is 11.8 Å². The highest BCUT2D eigenvalue weighted by molar-refractivity contribution is 6.31. The molecule has 1 spiro atoms. The summed E-state index contributed by atoms with van der Waals surface area (Å²) < 4.78 is 35.5. The summed E-state index contributed by atoms with van der Waals surface area (Å²) in [5, 5.41) is 15.4. The largest absolute Gasteiger partial charge is 0.457 e. The molecule has 0 bridgehead atoms. The molecule has 40 heavy (non-hydrogen) atoms. The summed E-state index contributed by atoms with van der Waals surface area (Å²) in [5.74, 6) is -2.35. The lowest BCUT2D eigenvalue weighted by Gasteiger charge is -2.48. The maximum atomic E-state index is 14.9. The lowest BCUT2D eigenvalue weighted by atomic mass is 9.57. The van der Waals surface area contributed by atoms with Crippen molar-refractivity contribution in [2.75, 3.05) is 5.32 Å². The van der Waals surface area contributed by atoms with Crippen molar-refractivity contribution in [3.63, 3.8) is 0 Å². The van der Waals surface area contributed by atoms with Gasteiger partial charge in [0.05, 0.1) is 17.7 Å². The van der Waals surface area contributed by atoms with Crippen molar-refractivity contribution in [2.45, 2.75) is 24.3 Å². The number of allylic oxidation sites excluding steroid dienone is 4. The van der Waals surface area contributed by atoms with E-state index in [1.165, 1.54) is 30.4 Å². The summed E-state index contributed by atoms with van der Waals surface area (Å²) in [6.07, 6.45) is 4.88. The van der Waals surface area contributed by atoms with Crippen LogP contribution in [0.15, 0.2) is 84.7 Å². The fraction of sp³-hybridized carbons (Fsp3) is 0.194. The molecule has 1 unspecified atom stereocenters. The molecule has 2 heterocycles. The van der Waals surface area contributed by atoms with E-state index in [0.717, 1.165) is 0 Å². The highest BCUT2D eigenvalue weighted by Gasteiger charge is 2.62. The van der Waals surface area contributed by atoms with E-state index in [4.69, 9.17) is 21.6 Å². The number of hydrogen-bond acceptors (Lipinski definition) is 4. The topological polar surface area (TPSA) is 91.2 Å². The Hall–Kier alpha value is -4.48. The smallest absolute Gasteiger partial charge is 0.237 e. The zero-order valence-electron chi connectivity index (χ0n) is 21.0. The maximum absolute atomic E-state index is 14.9. The first-order valence-electron chi connectivity index (χ1n) is 12.7. The lowest BCUT2D eigenvalue weighted by Crippen LogP contribution is -2.59. The van der Waals surface area contributed by atoms with Crippen LogP contribution in [0, 0.1) is 29.0 Å². The number of nitrogens with one attached hydrogen (secondary N) is 2. The van der Waals surface area contributed by atoms with E-state index in [1.807, 2.05) is 6.07 Å². The average molecular weight is 558 g/mol. The predicted octanol–water partition coefficient (Wildman–Crippen LogP) is 6.64. The number of benzene rings is 3. The van der Waals surface area contributed by atoms with Gasteiger partial charge in [-0.05, 0) is 90.6 Å². The quantitative estimate of drug-likeness (QED) is 0.376. The van der Waals surface area contributed by atoms with Gasteiger partial charge >= 0.3 is 0 Å². The van der Waals surface area contributed by atoms with Gasteiger partial charge in [0.1, 0.15) is 28.6 Å². The first-order chi connectivity index (χ1) is 19.3. The lowest BCUT2D eigenvalue weighted by molar-refractivity contribution is -0.135. The predicted molar refractivity (Wildman–Crippen MR) is 145 cm³/mol. The SMILES string of the molecule is N#Cc1ccc(Oc2ccc(F)cc2[C@H]2NC(=O)C[C@@H](C3C=C(F)C=CC3)[C@]23C(=O)Nc2cc(Cl)ccc23)cc1. The van der Waals surface area contributed by atoms with Crippen LogP contribution in [0.5, 0.6) is 11.5 Å². The van der Waals surface area contributed by atoms with Gasteiger partial charge in [0, 0.05) is 22.7 Å². The van der Waals surface area contributed by atoms with Gasteiger partial charge in [0.15, 0.2) is 0 Å². The van der Waals surface area contributed by atoms with Crippen molar-refractivity contribution in [3.05, 3.63) is 112 Å². The zero-order chi connectivity index (χ0) is 28.0. The molecule has 9 heteroatoms. The molecular weight excluding hydrogens is 536 g/mol. The van der Waals surface area contributed by atoms with Gasteiger partial charge < -0.3 is 15.4 Å². The molecule has 2 aliphatic heterocycles. The van der Waals surface area contributed by atoms with Gasteiger partial charge in [-0.15, -0.1) is 0 Å². The Bertz CT molecular complexity index is 1650. The summed E-state index contributed by atoms with van der Waals surface area (Å²) in [7, 11) is 0. The second-order valence-corrected chi connectivity index (χ2v) is 10.5. The highest BCUT2D eigenvalue weighted by Crippen LogP contribution is 2.58. The van der Waals surface area contributed by atoms with Gasteiger partial charge in [-0.25, -0.2) is 8.78 Å². The van der Waals surface area contributed by atoms with Crippen LogP contribution in [0.3, 0.4) is 0 Å². The molecule has 6 rings (SSSR count). The van der Waals surface area contributed by atoms with E-state index in [1.54, 1.807) is 48.5 Å². The van der Waals surface area contributed by atoms with Gasteiger partial charge in [-0.2, -0.15) is 5.26 Å². The van der Waals surface area contributed by atoms with Crippen molar-refractivity contribution in [3.8, 4) is 17.6 Å². The van der Waals surface area contributed by atoms with Crippen LogP contribution in [0.4, 0.5) is 14.5 Å². The molecule has 4 atom stereocenters. The number of rotatable bonds is 4. The maximum Gasteiger partial charge on any atom is 0.237 e. The van der Waals surface area contributed by atoms with E-state index in [2.05, 4.69) is 10.6 Å². The second-order valence-electron chi connectivity index (χ2n) is 10.1. The van der Waals surface area contributed by atoms with E-state index in [-0.39, 0.29) is 23.6 Å². The van der Waals surface area contributed by atoms with Crippen molar-refractivity contribution in [1.29, 1.82) is 5.26 Å². The first-order valence-corrected chi connectivity index (χ1v) is 13.1. The third-order valence-electron chi connectivity index (χ3n) is 7.87. The summed E-state index contributed by atoms with van der Waals surface area (Å²) in [6, 6.07) is 16.3. The van der Waals surface area contributed by atoms with Crippen molar-refractivity contribution >= 4 is 29.1 Å². The second kappa shape index (κ2) is 9.92. The third-order valence-corrected chi connectivity index (χ3v) is 8.11. The van der Waals surface area contributed by atoms with Gasteiger partial charge in [0.25, 0.3) is 0 Å². The number of nitrogens with zero attached hydrogens (tertiary/aromatic N) is 1. The number of carbonyl (C=O) groups is 2. The molecule has 2 amide bonds. The Morgan fingerprint density at radius 1 is 1.05 bits per heavy atom. The Morgan fingerprint density at radius 2 is 1.85 bits per heavy atom. The summed E-state index contributed by atoms with van der Waals surface area (Å²) in [5.41, 5.74) is 0.306. The van der Waals surface area contributed by atoms with E-state index in [0.29, 0.717) is 34.0 Å². The molecule has 1 aliphatic carbocycles. The summed E-state index contributed by atoms with van der Waals surface area (Å²) in [6.45, 7) is 0. The van der Waals surface area contributed by atoms with Crippen molar-refractivity contribution in [1.82, 2.24) is 5.32 Å². The highest BCUT2D eigenvalue weighted by atomic mass is 35.5. The summed E-state index contributed by atoms with van der Waals surface area (Å²) in [4.78, 5) is 27.4. The molecule has 200 valence electrons. The van der Waals surface area contributed by atoms with Gasteiger partial charge in [-0.1, -0.05) is 23.7 Å². The molecule has 0 saturated carbocycles. The number of halogens is 3. The van der Waals surface area contributed by atoms with E-state index < -0.39 is 40.8 Å². The molecule has 1 fully saturated rings. The molecule has 6 nitrogen and oxygen atoms in total.